The van der Waals surface area contributed by atoms with Crippen molar-refractivity contribution in [1.29, 1.82) is 0 Å². The Morgan fingerprint density at radius 3 is 2.73 bits per heavy atom. The first-order chi connectivity index (χ1) is 10.8. The Balaban J connectivity index is 1.82. The molecule has 4 rings (SSSR count). The predicted octanol–water partition coefficient (Wildman–Crippen LogP) is 3.08. The summed E-state index contributed by atoms with van der Waals surface area (Å²) in [7, 11) is 0. The molecule has 1 fully saturated rings. The maximum atomic E-state index is 5.74. The molecule has 110 valence electrons. The maximum absolute atomic E-state index is 5.74. The van der Waals surface area contributed by atoms with Crippen molar-refractivity contribution >= 4 is 5.95 Å². The summed E-state index contributed by atoms with van der Waals surface area (Å²) in [4.78, 5) is 17.5. The van der Waals surface area contributed by atoms with E-state index in [1.807, 2.05) is 19.1 Å². The molecule has 1 N–H and O–H groups in total. The lowest BCUT2D eigenvalue weighted by molar-refractivity contribution is 0.546. The summed E-state index contributed by atoms with van der Waals surface area (Å²) in [6.45, 7) is 1.91. The summed E-state index contributed by atoms with van der Waals surface area (Å²) in [5, 5.41) is 3.31. The van der Waals surface area contributed by atoms with Crippen molar-refractivity contribution in [1.82, 2.24) is 19.9 Å². The number of hydrogen-bond donors (Lipinski definition) is 1. The van der Waals surface area contributed by atoms with Gasteiger partial charge < -0.3 is 9.73 Å². The molecule has 0 spiro atoms. The molecule has 0 bridgehead atoms. The Labute approximate surface area is 127 Å². The van der Waals surface area contributed by atoms with Crippen molar-refractivity contribution < 1.29 is 4.42 Å². The molecule has 0 unspecified atom stereocenters. The predicted molar refractivity (Wildman–Crippen MR) is 82.1 cm³/mol. The van der Waals surface area contributed by atoms with E-state index in [0.29, 0.717) is 17.8 Å². The second kappa shape index (κ2) is 5.22. The largest absolute Gasteiger partial charge is 0.460 e. The molecule has 0 aliphatic heterocycles. The second-order valence-corrected chi connectivity index (χ2v) is 5.38. The number of aryl methyl sites for hydroxylation is 1. The van der Waals surface area contributed by atoms with Crippen LogP contribution in [0.3, 0.4) is 0 Å². The van der Waals surface area contributed by atoms with Gasteiger partial charge in [0.1, 0.15) is 11.5 Å². The lowest BCUT2D eigenvalue weighted by Crippen LogP contribution is -2.06. The molecule has 0 aromatic carbocycles. The van der Waals surface area contributed by atoms with E-state index in [2.05, 4.69) is 25.3 Å². The number of rotatable bonds is 4. The molecule has 6 nitrogen and oxygen atoms in total. The molecule has 3 aromatic heterocycles. The Hall–Kier alpha value is -2.76. The van der Waals surface area contributed by atoms with Crippen molar-refractivity contribution in [2.45, 2.75) is 25.8 Å². The standard InChI is InChI=1S/C16H15N5O/c1-10-2-5-14(22-10)15-12(13-9-17-6-7-18-13)8-19-16(21-15)20-11-3-4-11/h2,5-9,11H,3-4H2,1H3,(H,19,20,21). The fourth-order valence-corrected chi connectivity index (χ4v) is 2.24. The average molecular weight is 293 g/mol. The zero-order chi connectivity index (χ0) is 14.9. The SMILES string of the molecule is Cc1ccc(-c2nc(NC3CC3)ncc2-c2cnccn2)o1. The number of aromatic nitrogens is 4. The van der Waals surface area contributed by atoms with Crippen LogP contribution in [0.4, 0.5) is 5.95 Å². The number of anilines is 1. The van der Waals surface area contributed by atoms with E-state index >= 15 is 0 Å². The quantitative estimate of drug-likeness (QED) is 0.796. The summed E-state index contributed by atoms with van der Waals surface area (Å²) in [5.41, 5.74) is 2.26. The number of furan rings is 1. The van der Waals surface area contributed by atoms with Gasteiger partial charge in [-0.3, -0.25) is 9.97 Å². The van der Waals surface area contributed by atoms with E-state index in [1.165, 1.54) is 12.8 Å². The van der Waals surface area contributed by atoms with Crippen LogP contribution in [0.1, 0.15) is 18.6 Å². The van der Waals surface area contributed by atoms with Crippen LogP contribution in [0, 0.1) is 6.92 Å². The number of nitrogens with one attached hydrogen (secondary N) is 1. The molecule has 0 atom stereocenters. The van der Waals surface area contributed by atoms with E-state index in [9.17, 15) is 0 Å². The van der Waals surface area contributed by atoms with Crippen molar-refractivity contribution in [2.24, 2.45) is 0 Å². The van der Waals surface area contributed by atoms with Gasteiger partial charge in [-0.1, -0.05) is 0 Å². The van der Waals surface area contributed by atoms with Crippen molar-refractivity contribution in [3.05, 3.63) is 42.7 Å². The van der Waals surface area contributed by atoms with Crippen molar-refractivity contribution in [2.75, 3.05) is 5.32 Å². The summed E-state index contributed by atoms with van der Waals surface area (Å²) in [6.07, 6.45) is 9.11. The van der Waals surface area contributed by atoms with Gasteiger partial charge in [-0.25, -0.2) is 9.97 Å². The summed E-state index contributed by atoms with van der Waals surface area (Å²) < 4.78 is 5.74. The van der Waals surface area contributed by atoms with Gasteiger partial charge >= 0.3 is 0 Å². The van der Waals surface area contributed by atoms with Gasteiger partial charge in [-0.05, 0) is 31.9 Å². The number of nitrogens with zero attached hydrogens (tertiary/aromatic N) is 4. The Morgan fingerprint density at radius 2 is 2.05 bits per heavy atom. The first-order valence-electron chi connectivity index (χ1n) is 7.26. The fourth-order valence-electron chi connectivity index (χ4n) is 2.24. The normalized spacial score (nSPS) is 14.0. The first kappa shape index (κ1) is 12.9. The third-order valence-corrected chi connectivity index (χ3v) is 3.51. The van der Waals surface area contributed by atoms with E-state index in [0.717, 1.165) is 22.7 Å². The van der Waals surface area contributed by atoms with Crippen LogP contribution in [-0.4, -0.2) is 26.0 Å². The topological polar surface area (TPSA) is 76.7 Å². The maximum Gasteiger partial charge on any atom is 0.223 e. The van der Waals surface area contributed by atoms with E-state index in [4.69, 9.17) is 4.42 Å². The minimum absolute atomic E-state index is 0.494. The van der Waals surface area contributed by atoms with Gasteiger partial charge in [-0.2, -0.15) is 0 Å². The average Bonchev–Trinajstić information content (AvgIpc) is 3.26. The smallest absolute Gasteiger partial charge is 0.223 e. The monoisotopic (exact) mass is 293 g/mol. The van der Waals surface area contributed by atoms with Gasteiger partial charge in [0.2, 0.25) is 5.95 Å². The van der Waals surface area contributed by atoms with Crippen LogP contribution in [0.25, 0.3) is 22.7 Å². The van der Waals surface area contributed by atoms with Crippen LogP contribution >= 0.6 is 0 Å². The molecule has 1 saturated carbocycles. The summed E-state index contributed by atoms with van der Waals surface area (Å²) in [6, 6.07) is 4.33. The van der Waals surface area contributed by atoms with Gasteiger partial charge in [0.25, 0.3) is 0 Å². The molecule has 3 aromatic rings. The van der Waals surface area contributed by atoms with E-state index in [-0.39, 0.29) is 0 Å². The van der Waals surface area contributed by atoms with E-state index < -0.39 is 0 Å². The molecule has 3 heterocycles. The van der Waals surface area contributed by atoms with Crippen LogP contribution in [0.5, 0.6) is 0 Å². The second-order valence-electron chi connectivity index (χ2n) is 5.38. The zero-order valence-electron chi connectivity index (χ0n) is 12.2. The molecule has 1 aliphatic carbocycles. The van der Waals surface area contributed by atoms with Crippen molar-refractivity contribution in [3.63, 3.8) is 0 Å². The Kier molecular flexibility index (Phi) is 3.07. The highest BCUT2D eigenvalue weighted by atomic mass is 16.3. The lowest BCUT2D eigenvalue weighted by atomic mass is 10.1. The van der Waals surface area contributed by atoms with Gasteiger partial charge in [0, 0.05) is 30.2 Å². The molecule has 6 heteroatoms. The first-order valence-corrected chi connectivity index (χ1v) is 7.26. The highest BCUT2D eigenvalue weighted by Gasteiger charge is 2.23. The summed E-state index contributed by atoms with van der Waals surface area (Å²) in [5.74, 6) is 2.18. The lowest BCUT2D eigenvalue weighted by Gasteiger charge is -2.09. The van der Waals surface area contributed by atoms with Crippen LogP contribution in [-0.2, 0) is 0 Å². The minimum Gasteiger partial charge on any atom is -0.460 e. The van der Waals surface area contributed by atoms with Gasteiger partial charge in [0.15, 0.2) is 5.76 Å². The van der Waals surface area contributed by atoms with Crippen LogP contribution in [0.2, 0.25) is 0 Å². The highest BCUT2D eigenvalue weighted by Crippen LogP contribution is 2.31. The molecular weight excluding hydrogens is 278 g/mol. The third kappa shape index (κ3) is 2.55. The van der Waals surface area contributed by atoms with Gasteiger partial charge in [0.05, 0.1) is 11.9 Å². The minimum atomic E-state index is 0.494. The molecule has 0 saturated heterocycles. The molecule has 0 amide bonds. The third-order valence-electron chi connectivity index (χ3n) is 3.51. The molecule has 1 aliphatic rings. The highest BCUT2D eigenvalue weighted by molar-refractivity contribution is 5.76. The van der Waals surface area contributed by atoms with E-state index in [1.54, 1.807) is 24.8 Å². The Bertz CT molecular complexity index is 795. The zero-order valence-corrected chi connectivity index (χ0v) is 12.2. The van der Waals surface area contributed by atoms with Crippen LogP contribution in [0.15, 0.2) is 41.3 Å². The fraction of sp³-hybridized carbons (Fsp3) is 0.250. The molecular formula is C16H15N5O. The molecule has 0 radical (unpaired) electrons. The van der Waals surface area contributed by atoms with Crippen molar-refractivity contribution in [3.8, 4) is 22.7 Å². The van der Waals surface area contributed by atoms with Gasteiger partial charge in [-0.15, -0.1) is 0 Å². The number of hydrogen-bond acceptors (Lipinski definition) is 6. The molecule has 22 heavy (non-hydrogen) atoms. The summed E-state index contributed by atoms with van der Waals surface area (Å²) >= 11 is 0. The Morgan fingerprint density at radius 1 is 1.14 bits per heavy atom. The van der Waals surface area contributed by atoms with Crippen LogP contribution < -0.4 is 5.32 Å².